The van der Waals surface area contributed by atoms with Crippen molar-refractivity contribution in [3.05, 3.63) is 36.4 Å². The quantitative estimate of drug-likeness (QED) is 0.818. The fourth-order valence-corrected chi connectivity index (χ4v) is 1.37. The Kier molecular flexibility index (Phi) is 3.34. The van der Waals surface area contributed by atoms with Gasteiger partial charge in [0.05, 0.1) is 7.11 Å². The molecule has 0 bridgehead atoms. The largest absolute Gasteiger partial charge is 0.479 e. The van der Waals surface area contributed by atoms with Crippen LogP contribution in [0.15, 0.2) is 30.9 Å². The summed E-state index contributed by atoms with van der Waals surface area (Å²) in [4.78, 5) is 11.9. The molecule has 0 fully saturated rings. The molecule has 0 atom stereocenters. The molecule has 0 saturated heterocycles. The molecule has 0 spiro atoms. The van der Waals surface area contributed by atoms with Crippen LogP contribution in [0, 0.1) is 0 Å². The maximum absolute atomic E-state index is 5.83. The molecule has 3 N–H and O–H groups in total. The predicted molar refractivity (Wildman–Crippen MR) is 64.6 cm³/mol. The third-order valence-electron chi connectivity index (χ3n) is 2.25. The number of nitrogen functional groups attached to an aromatic ring is 1. The molecule has 0 saturated carbocycles. The first-order valence-electron chi connectivity index (χ1n) is 5.08. The van der Waals surface area contributed by atoms with Gasteiger partial charge in [-0.15, -0.1) is 0 Å². The first-order valence-corrected chi connectivity index (χ1v) is 5.08. The fraction of sp³-hybridized carbons (Fsp3) is 0.182. The molecule has 2 heterocycles. The van der Waals surface area contributed by atoms with Crippen LogP contribution in [0.3, 0.4) is 0 Å². The van der Waals surface area contributed by atoms with E-state index in [0.29, 0.717) is 23.9 Å². The van der Waals surface area contributed by atoms with E-state index in [0.717, 1.165) is 5.56 Å². The molecule has 2 aromatic heterocycles. The molecule has 0 radical (unpaired) electrons. The summed E-state index contributed by atoms with van der Waals surface area (Å²) in [5, 5.41) is 3.12. The number of aromatic nitrogens is 3. The SMILES string of the molecule is COc1ncnc(NCc2ccncc2)c1N. The van der Waals surface area contributed by atoms with Gasteiger partial charge in [-0.3, -0.25) is 4.98 Å². The second kappa shape index (κ2) is 5.11. The third-order valence-corrected chi connectivity index (χ3v) is 2.25. The average molecular weight is 231 g/mol. The van der Waals surface area contributed by atoms with Crippen LogP contribution in [-0.2, 0) is 6.54 Å². The van der Waals surface area contributed by atoms with Gasteiger partial charge in [0, 0.05) is 18.9 Å². The van der Waals surface area contributed by atoms with Crippen molar-refractivity contribution in [2.45, 2.75) is 6.54 Å². The Morgan fingerprint density at radius 3 is 2.76 bits per heavy atom. The lowest BCUT2D eigenvalue weighted by Crippen LogP contribution is -2.06. The number of rotatable bonds is 4. The van der Waals surface area contributed by atoms with E-state index in [9.17, 15) is 0 Å². The van der Waals surface area contributed by atoms with E-state index in [2.05, 4.69) is 20.3 Å². The third kappa shape index (κ3) is 2.60. The van der Waals surface area contributed by atoms with Crippen LogP contribution >= 0.6 is 0 Å². The van der Waals surface area contributed by atoms with E-state index in [1.54, 1.807) is 12.4 Å². The highest BCUT2D eigenvalue weighted by Gasteiger charge is 2.07. The van der Waals surface area contributed by atoms with Crippen LogP contribution < -0.4 is 15.8 Å². The summed E-state index contributed by atoms with van der Waals surface area (Å²) in [5.74, 6) is 0.936. The van der Waals surface area contributed by atoms with Crippen molar-refractivity contribution >= 4 is 11.5 Å². The van der Waals surface area contributed by atoms with Crippen molar-refractivity contribution < 1.29 is 4.74 Å². The Labute approximate surface area is 98.9 Å². The van der Waals surface area contributed by atoms with Crippen LogP contribution in [0.25, 0.3) is 0 Å². The fourth-order valence-electron chi connectivity index (χ4n) is 1.37. The first kappa shape index (κ1) is 11.1. The van der Waals surface area contributed by atoms with Gasteiger partial charge in [-0.25, -0.2) is 4.98 Å². The molecule has 0 aliphatic carbocycles. The van der Waals surface area contributed by atoms with Crippen LogP contribution in [0.5, 0.6) is 5.88 Å². The molecule has 0 aliphatic heterocycles. The Balaban J connectivity index is 2.09. The smallest absolute Gasteiger partial charge is 0.242 e. The zero-order valence-electron chi connectivity index (χ0n) is 9.42. The van der Waals surface area contributed by atoms with Crippen LogP contribution in [-0.4, -0.2) is 22.1 Å². The van der Waals surface area contributed by atoms with Crippen molar-refractivity contribution in [3.8, 4) is 5.88 Å². The van der Waals surface area contributed by atoms with Gasteiger partial charge in [0.15, 0.2) is 5.82 Å². The number of pyridine rings is 1. The first-order chi connectivity index (χ1) is 8.31. The van der Waals surface area contributed by atoms with Crippen molar-refractivity contribution in [3.63, 3.8) is 0 Å². The molecule has 17 heavy (non-hydrogen) atoms. The number of anilines is 2. The van der Waals surface area contributed by atoms with E-state index in [-0.39, 0.29) is 0 Å². The zero-order chi connectivity index (χ0) is 12.1. The Morgan fingerprint density at radius 1 is 1.29 bits per heavy atom. The molecule has 0 amide bonds. The number of nitrogens with zero attached hydrogens (tertiary/aromatic N) is 3. The lowest BCUT2D eigenvalue weighted by molar-refractivity contribution is 0.399. The van der Waals surface area contributed by atoms with Crippen LogP contribution in [0.4, 0.5) is 11.5 Å². The van der Waals surface area contributed by atoms with Gasteiger partial charge in [0.25, 0.3) is 0 Å². The van der Waals surface area contributed by atoms with Crippen molar-refractivity contribution in [1.29, 1.82) is 0 Å². The maximum atomic E-state index is 5.83. The van der Waals surface area contributed by atoms with Gasteiger partial charge < -0.3 is 15.8 Å². The van der Waals surface area contributed by atoms with E-state index in [1.807, 2.05) is 12.1 Å². The second-order valence-corrected chi connectivity index (χ2v) is 3.35. The second-order valence-electron chi connectivity index (χ2n) is 3.35. The molecular formula is C11H13N5O. The Hall–Kier alpha value is -2.37. The summed E-state index contributed by atoms with van der Waals surface area (Å²) in [6.45, 7) is 0.618. The van der Waals surface area contributed by atoms with Gasteiger partial charge in [-0.1, -0.05) is 0 Å². The summed E-state index contributed by atoms with van der Waals surface area (Å²) in [5.41, 5.74) is 7.33. The minimum atomic E-state index is 0.372. The number of methoxy groups -OCH3 is 1. The van der Waals surface area contributed by atoms with E-state index >= 15 is 0 Å². The topological polar surface area (TPSA) is 86.0 Å². The summed E-state index contributed by atoms with van der Waals surface area (Å²) in [6.07, 6.45) is 4.88. The van der Waals surface area contributed by atoms with Crippen LogP contribution in [0.2, 0.25) is 0 Å². The van der Waals surface area contributed by atoms with E-state index in [4.69, 9.17) is 10.5 Å². The maximum Gasteiger partial charge on any atom is 0.242 e. The standard InChI is InChI=1S/C11H13N5O/c1-17-11-9(12)10(15-7-16-11)14-6-8-2-4-13-5-3-8/h2-5,7H,6,12H2,1H3,(H,14,15,16). The predicted octanol–water partition coefficient (Wildman–Crippen LogP) is 1.07. The number of ether oxygens (including phenoxy) is 1. The molecule has 88 valence electrons. The van der Waals surface area contributed by atoms with Gasteiger partial charge in [-0.05, 0) is 17.7 Å². The zero-order valence-corrected chi connectivity index (χ0v) is 9.42. The molecule has 0 aromatic carbocycles. The Bertz CT molecular complexity index is 488. The van der Waals surface area contributed by atoms with Crippen molar-refractivity contribution in [2.24, 2.45) is 0 Å². The average Bonchev–Trinajstić information content (AvgIpc) is 2.39. The van der Waals surface area contributed by atoms with E-state index in [1.165, 1.54) is 13.4 Å². The van der Waals surface area contributed by atoms with Crippen molar-refractivity contribution in [2.75, 3.05) is 18.2 Å². The molecule has 6 heteroatoms. The van der Waals surface area contributed by atoms with Gasteiger partial charge in [0.2, 0.25) is 5.88 Å². The number of hydrogen-bond donors (Lipinski definition) is 2. The monoisotopic (exact) mass is 231 g/mol. The number of hydrogen-bond acceptors (Lipinski definition) is 6. The summed E-state index contributed by atoms with van der Waals surface area (Å²) >= 11 is 0. The molecular weight excluding hydrogens is 218 g/mol. The summed E-state index contributed by atoms with van der Waals surface area (Å²) in [7, 11) is 1.52. The van der Waals surface area contributed by atoms with Gasteiger partial charge in [-0.2, -0.15) is 4.98 Å². The highest BCUT2D eigenvalue weighted by molar-refractivity contribution is 5.66. The summed E-state index contributed by atoms with van der Waals surface area (Å²) in [6, 6.07) is 3.84. The Morgan fingerprint density at radius 2 is 2.06 bits per heavy atom. The lowest BCUT2D eigenvalue weighted by Gasteiger charge is -2.09. The summed E-state index contributed by atoms with van der Waals surface area (Å²) < 4.78 is 5.01. The molecule has 2 aromatic rings. The van der Waals surface area contributed by atoms with E-state index < -0.39 is 0 Å². The minimum Gasteiger partial charge on any atom is -0.479 e. The highest BCUT2D eigenvalue weighted by Crippen LogP contribution is 2.24. The molecule has 2 rings (SSSR count). The lowest BCUT2D eigenvalue weighted by atomic mass is 10.3. The van der Waals surface area contributed by atoms with Crippen LogP contribution in [0.1, 0.15) is 5.56 Å². The normalized spacial score (nSPS) is 9.94. The number of nitrogens with one attached hydrogen (secondary N) is 1. The minimum absolute atomic E-state index is 0.372. The number of nitrogens with two attached hydrogens (primary N) is 1. The van der Waals surface area contributed by atoms with Gasteiger partial charge in [0.1, 0.15) is 12.0 Å². The molecule has 6 nitrogen and oxygen atoms in total. The van der Waals surface area contributed by atoms with Gasteiger partial charge >= 0.3 is 0 Å². The van der Waals surface area contributed by atoms with Crippen molar-refractivity contribution in [1.82, 2.24) is 15.0 Å². The highest BCUT2D eigenvalue weighted by atomic mass is 16.5. The molecule has 0 unspecified atom stereocenters. The molecule has 0 aliphatic rings.